The van der Waals surface area contributed by atoms with Crippen LogP contribution in [0.3, 0.4) is 0 Å². The van der Waals surface area contributed by atoms with Crippen molar-refractivity contribution in [2.24, 2.45) is 0 Å². The van der Waals surface area contributed by atoms with E-state index in [9.17, 15) is 0 Å². The molecule has 0 spiro atoms. The Hall–Kier alpha value is -0.390. The smallest absolute Gasteiger partial charge is 0.159 e. The first-order valence-corrected chi connectivity index (χ1v) is 7.46. The lowest BCUT2D eigenvalue weighted by Gasteiger charge is -2.04. The number of hydrogen-bond donors (Lipinski definition) is 1. The molecule has 2 nitrogen and oxygen atoms in total. The highest BCUT2D eigenvalue weighted by molar-refractivity contribution is 9.09. The average molecular weight is 318 g/mol. The lowest BCUT2D eigenvalue weighted by Crippen LogP contribution is -1.97. The summed E-state index contributed by atoms with van der Waals surface area (Å²) in [6.45, 7) is 0.771. The molecule has 1 N–H and O–H groups in total. The van der Waals surface area contributed by atoms with Gasteiger partial charge in [0.05, 0.1) is 16.8 Å². The molecule has 0 fully saturated rings. The summed E-state index contributed by atoms with van der Waals surface area (Å²) in [5, 5.41) is 1.04. The molecule has 0 aliphatic carbocycles. The molecule has 0 saturated heterocycles. The number of halogens is 1. The third-order valence-electron chi connectivity index (χ3n) is 2.19. The molecule has 0 bridgehead atoms. The lowest BCUT2D eigenvalue weighted by molar-refractivity contribution is 0.310. The number of rotatable bonds is 5. The largest absolute Gasteiger partial charge is 0.494 e. The van der Waals surface area contributed by atoms with Gasteiger partial charge in [0.2, 0.25) is 0 Å². The standard InChI is InChI=1S/C11H12BrNOS2/c12-5-1-2-6-14-8-3-4-9-10(7-8)16-11(15)13-9/h3-4,7H,1-2,5-6H2,(H,13,15). The summed E-state index contributed by atoms with van der Waals surface area (Å²) >= 11 is 10.1. The van der Waals surface area contributed by atoms with E-state index in [1.807, 2.05) is 18.2 Å². The van der Waals surface area contributed by atoms with Crippen LogP contribution in [0.1, 0.15) is 12.8 Å². The number of fused-ring (bicyclic) bond motifs is 1. The van der Waals surface area contributed by atoms with Gasteiger partial charge in [-0.05, 0) is 43.3 Å². The second-order valence-electron chi connectivity index (χ2n) is 3.42. The fraction of sp³-hybridized carbons (Fsp3) is 0.364. The highest BCUT2D eigenvalue weighted by Crippen LogP contribution is 2.24. The molecule has 1 heterocycles. The SMILES string of the molecule is S=c1[nH]c2ccc(OCCCCBr)cc2s1. The number of benzene rings is 1. The van der Waals surface area contributed by atoms with E-state index in [-0.39, 0.29) is 0 Å². The van der Waals surface area contributed by atoms with Crippen LogP contribution in [0.5, 0.6) is 5.75 Å². The molecule has 2 rings (SSSR count). The Morgan fingerprint density at radius 2 is 2.25 bits per heavy atom. The van der Waals surface area contributed by atoms with Gasteiger partial charge in [-0.3, -0.25) is 0 Å². The van der Waals surface area contributed by atoms with Crippen LogP contribution in [0, 0.1) is 3.95 Å². The van der Waals surface area contributed by atoms with Crippen molar-refractivity contribution in [3.05, 3.63) is 22.2 Å². The second-order valence-corrected chi connectivity index (χ2v) is 5.93. The van der Waals surface area contributed by atoms with E-state index >= 15 is 0 Å². The van der Waals surface area contributed by atoms with Gasteiger partial charge in [0.25, 0.3) is 0 Å². The first-order valence-electron chi connectivity index (χ1n) is 5.11. The van der Waals surface area contributed by atoms with Crippen LogP contribution < -0.4 is 4.74 Å². The van der Waals surface area contributed by atoms with Gasteiger partial charge in [0.1, 0.15) is 5.75 Å². The number of aromatic amines is 1. The normalized spacial score (nSPS) is 10.8. The molecule has 0 amide bonds. The highest BCUT2D eigenvalue weighted by Gasteiger charge is 1.99. The molecule has 0 unspecified atom stereocenters. The van der Waals surface area contributed by atoms with E-state index in [1.165, 1.54) is 0 Å². The second kappa shape index (κ2) is 5.80. The first-order chi connectivity index (χ1) is 7.79. The molecule has 0 radical (unpaired) electrons. The van der Waals surface area contributed by atoms with Crippen LogP contribution in [0.15, 0.2) is 18.2 Å². The van der Waals surface area contributed by atoms with E-state index in [4.69, 9.17) is 17.0 Å². The molecule has 0 saturated carbocycles. The van der Waals surface area contributed by atoms with E-state index in [0.29, 0.717) is 0 Å². The third-order valence-corrected chi connectivity index (χ3v) is 3.95. The number of alkyl halides is 1. The van der Waals surface area contributed by atoms with Crippen molar-refractivity contribution < 1.29 is 4.74 Å². The van der Waals surface area contributed by atoms with Crippen molar-refractivity contribution in [1.29, 1.82) is 0 Å². The van der Waals surface area contributed by atoms with Crippen LogP contribution in [0.2, 0.25) is 0 Å². The Balaban J connectivity index is 2.04. The van der Waals surface area contributed by atoms with E-state index in [2.05, 4.69) is 20.9 Å². The predicted molar refractivity (Wildman–Crippen MR) is 75.5 cm³/mol. The molecular weight excluding hydrogens is 306 g/mol. The molecule has 16 heavy (non-hydrogen) atoms. The maximum atomic E-state index is 5.66. The minimum absolute atomic E-state index is 0.771. The van der Waals surface area contributed by atoms with E-state index in [1.54, 1.807) is 11.3 Å². The quantitative estimate of drug-likeness (QED) is 0.498. The predicted octanol–water partition coefficient (Wildman–Crippen LogP) is 4.51. The molecule has 0 atom stereocenters. The number of aromatic nitrogens is 1. The Bertz CT molecular complexity index is 520. The minimum atomic E-state index is 0.771. The molecule has 0 aliphatic rings. The summed E-state index contributed by atoms with van der Waals surface area (Å²) in [4.78, 5) is 3.13. The number of nitrogens with one attached hydrogen (secondary N) is 1. The topological polar surface area (TPSA) is 25.0 Å². The third kappa shape index (κ3) is 3.06. The maximum Gasteiger partial charge on any atom is 0.159 e. The van der Waals surface area contributed by atoms with Crippen LogP contribution in [-0.2, 0) is 0 Å². The summed E-state index contributed by atoms with van der Waals surface area (Å²) in [6, 6.07) is 6.04. The number of H-pyrrole nitrogens is 1. The minimum Gasteiger partial charge on any atom is -0.494 e. The van der Waals surface area contributed by atoms with Crippen molar-refractivity contribution in [3.63, 3.8) is 0 Å². The Morgan fingerprint density at radius 3 is 3.06 bits per heavy atom. The number of ether oxygens (including phenoxy) is 1. The molecule has 2 aromatic rings. The number of thiazole rings is 1. The van der Waals surface area contributed by atoms with Gasteiger partial charge in [-0.15, -0.1) is 11.3 Å². The van der Waals surface area contributed by atoms with Gasteiger partial charge < -0.3 is 9.72 Å². The van der Waals surface area contributed by atoms with Crippen molar-refractivity contribution in [3.8, 4) is 5.75 Å². The number of unbranched alkanes of at least 4 members (excludes halogenated alkanes) is 1. The van der Waals surface area contributed by atoms with Crippen molar-refractivity contribution >= 4 is 49.7 Å². The van der Waals surface area contributed by atoms with Gasteiger partial charge in [0.15, 0.2) is 3.95 Å². The highest BCUT2D eigenvalue weighted by atomic mass is 79.9. The first kappa shape index (κ1) is 12.1. The fourth-order valence-electron chi connectivity index (χ4n) is 1.40. The molecular formula is C11H12BrNOS2. The molecule has 1 aromatic carbocycles. The van der Waals surface area contributed by atoms with Crippen LogP contribution in [0.25, 0.3) is 10.2 Å². The van der Waals surface area contributed by atoms with Gasteiger partial charge >= 0.3 is 0 Å². The molecule has 86 valence electrons. The zero-order valence-corrected chi connectivity index (χ0v) is 11.9. The lowest BCUT2D eigenvalue weighted by atomic mass is 10.3. The maximum absolute atomic E-state index is 5.66. The molecule has 1 aromatic heterocycles. The van der Waals surface area contributed by atoms with Gasteiger partial charge in [-0.25, -0.2) is 0 Å². The Labute approximate surface area is 112 Å². The van der Waals surface area contributed by atoms with Crippen molar-refractivity contribution in [2.45, 2.75) is 12.8 Å². The summed E-state index contributed by atoms with van der Waals surface area (Å²) in [5.74, 6) is 0.923. The summed E-state index contributed by atoms with van der Waals surface area (Å²) in [7, 11) is 0. The van der Waals surface area contributed by atoms with Crippen LogP contribution in [-0.4, -0.2) is 16.9 Å². The zero-order chi connectivity index (χ0) is 11.4. The summed E-state index contributed by atoms with van der Waals surface area (Å²) < 4.78 is 7.63. The Morgan fingerprint density at radius 1 is 1.38 bits per heavy atom. The number of hydrogen-bond acceptors (Lipinski definition) is 3. The molecule has 5 heteroatoms. The van der Waals surface area contributed by atoms with Crippen LogP contribution in [0.4, 0.5) is 0 Å². The van der Waals surface area contributed by atoms with E-state index in [0.717, 1.165) is 44.7 Å². The van der Waals surface area contributed by atoms with Crippen molar-refractivity contribution in [1.82, 2.24) is 4.98 Å². The van der Waals surface area contributed by atoms with Gasteiger partial charge in [-0.2, -0.15) is 0 Å². The zero-order valence-electron chi connectivity index (χ0n) is 8.66. The fourth-order valence-corrected chi connectivity index (χ4v) is 2.94. The van der Waals surface area contributed by atoms with Crippen LogP contribution >= 0.6 is 39.5 Å². The average Bonchev–Trinajstić information content (AvgIpc) is 2.64. The van der Waals surface area contributed by atoms with E-state index < -0.39 is 0 Å². The monoisotopic (exact) mass is 317 g/mol. The Kier molecular flexibility index (Phi) is 4.37. The van der Waals surface area contributed by atoms with Crippen molar-refractivity contribution in [2.75, 3.05) is 11.9 Å². The summed E-state index contributed by atoms with van der Waals surface area (Å²) in [5.41, 5.74) is 1.09. The summed E-state index contributed by atoms with van der Waals surface area (Å²) in [6.07, 6.45) is 2.22. The van der Waals surface area contributed by atoms with Gasteiger partial charge in [-0.1, -0.05) is 15.9 Å². The molecule has 0 aliphatic heterocycles. The van der Waals surface area contributed by atoms with Gasteiger partial charge in [0, 0.05) is 5.33 Å².